The second-order valence-corrected chi connectivity index (χ2v) is 9.78. The van der Waals surface area contributed by atoms with Crippen LogP contribution < -0.4 is 4.72 Å². The van der Waals surface area contributed by atoms with Gasteiger partial charge in [0.25, 0.3) is 10.0 Å². The number of aromatic nitrogens is 3. The number of aromatic hydroxyl groups is 2. The summed E-state index contributed by atoms with van der Waals surface area (Å²) in [5, 5.41) is 28.0. The maximum atomic E-state index is 13.3. The molecule has 4 N–H and O–H groups in total. The van der Waals surface area contributed by atoms with Crippen molar-refractivity contribution in [2.45, 2.75) is 51.3 Å². The normalized spacial score (nSPS) is 11.4. The van der Waals surface area contributed by atoms with Crippen molar-refractivity contribution in [2.75, 3.05) is 0 Å². The van der Waals surface area contributed by atoms with E-state index in [1.54, 1.807) is 19.1 Å². The first-order valence-electron chi connectivity index (χ1n) is 10.8. The van der Waals surface area contributed by atoms with E-state index in [4.69, 9.17) is 0 Å². The molecule has 0 spiro atoms. The molecule has 0 radical (unpaired) electrons. The molecule has 0 saturated carbocycles. The van der Waals surface area contributed by atoms with Crippen molar-refractivity contribution in [3.05, 3.63) is 59.7 Å². The molecule has 1 amide bonds. The SMILES string of the molecule is C=C(C)c1ccc(C)cc1-c1c(O)cc(CCCCC)c(S(=O)(=O)NC(=O)c2ncn[nH]2)c1O. The van der Waals surface area contributed by atoms with Gasteiger partial charge in [-0.1, -0.05) is 55.7 Å². The molecule has 0 aliphatic heterocycles. The van der Waals surface area contributed by atoms with Gasteiger partial charge in [0.15, 0.2) is 0 Å². The van der Waals surface area contributed by atoms with Crippen molar-refractivity contribution in [2.24, 2.45) is 0 Å². The first-order valence-corrected chi connectivity index (χ1v) is 12.3. The maximum absolute atomic E-state index is 13.3. The van der Waals surface area contributed by atoms with Crippen molar-refractivity contribution in [1.82, 2.24) is 19.9 Å². The van der Waals surface area contributed by atoms with Crippen LogP contribution in [0.15, 0.2) is 42.1 Å². The fourth-order valence-electron chi connectivity index (χ4n) is 3.78. The van der Waals surface area contributed by atoms with Crippen LogP contribution in [0.25, 0.3) is 16.7 Å². The zero-order valence-electron chi connectivity index (χ0n) is 19.3. The van der Waals surface area contributed by atoms with Gasteiger partial charge in [0.05, 0.1) is 5.56 Å². The van der Waals surface area contributed by atoms with Crippen LogP contribution in [-0.4, -0.2) is 39.7 Å². The van der Waals surface area contributed by atoms with E-state index in [0.29, 0.717) is 23.1 Å². The number of sulfonamides is 1. The Morgan fingerprint density at radius 1 is 1.21 bits per heavy atom. The average Bonchev–Trinajstić information content (AvgIpc) is 3.28. The van der Waals surface area contributed by atoms with Crippen LogP contribution in [0.1, 0.15) is 60.4 Å². The molecule has 2 aromatic carbocycles. The number of aryl methyl sites for hydroxylation is 2. The summed E-state index contributed by atoms with van der Waals surface area (Å²) in [5.41, 5.74) is 2.74. The first kappa shape index (κ1) is 25.0. The molecule has 0 atom stereocenters. The van der Waals surface area contributed by atoms with Crippen LogP contribution in [0.5, 0.6) is 11.5 Å². The van der Waals surface area contributed by atoms with E-state index in [2.05, 4.69) is 21.8 Å². The van der Waals surface area contributed by atoms with Crippen molar-refractivity contribution in [1.29, 1.82) is 0 Å². The Morgan fingerprint density at radius 3 is 2.56 bits per heavy atom. The van der Waals surface area contributed by atoms with Gasteiger partial charge in [-0.3, -0.25) is 9.89 Å². The monoisotopic (exact) mass is 484 g/mol. The fraction of sp³-hybridized carbons (Fsp3) is 0.292. The predicted octanol–water partition coefficient (Wildman–Crippen LogP) is 4.08. The van der Waals surface area contributed by atoms with E-state index in [1.807, 2.05) is 24.6 Å². The van der Waals surface area contributed by atoms with E-state index in [0.717, 1.165) is 24.7 Å². The number of carbonyl (C=O) groups is 1. The quantitative estimate of drug-likeness (QED) is 0.335. The van der Waals surface area contributed by atoms with E-state index in [-0.39, 0.29) is 29.1 Å². The molecule has 0 aliphatic rings. The highest BCUT2D eigenvalue weighted by Gasteiger charge is 2.31. The highest BCUT2D eigenvalue weighted by atomic mass is 32.2. The summed E-state index contributed by atoms with van der Waals surface area (Å²) in [6, 6.07) is 6.72. The summed E-state index contributed by atoms with van der Waals surface area (Å²) in [5.74, 6) is -2.22. The fourth-order valence-corrected chi connectivity index (χ4v) is 5.09. The molecule has 180 valence electrons. The third-order valence-corrected chi connectivity index (χ3v) is 6.84. The molecule has 3 aromatic rings. The Bertz CT molecular complexity index is 1330. The number of amides is 1. The lowest BCUT2D eigenvalue weighted by molar-refractivity contribution is 0.0971. The smallest absolute Gasteiger partial charge is 0.302 e. The third-order valence-electron chi connectivity index (χ3n) is 5.39. The van der Waals surface area contributed by atoms with Gasteiger partial charge in [0.1, 0.15) is 22.7 Å². The van der Waals surface area contributed by atoms with Crippen molar-refractivity contribution in [3.8, 4) is 22.6 Å². The molecule has 0 saturated heterocycles. The summed E-state index contributed by atoms with van der Waals surface area (Å²) < 4.78 is 28.6. The van der Waals surface area contributed by atoms with Gasteiger partial charge in [0, 0.05) is 0 Å². The Balaban J connectivity index is 2.24. The molecule has 3 rings (SSSR count). The van der Waals surface area contributed by atoms with Crippen molar-refractivity contribution in [3.63, 3.8) is 0 Å². The van der Waals surface area contributed by atoms with Crippen LogP contribution in [0, 0.1) is 6.92 Å². The Labute approximate surface area is 198 Å². The van der Waals surface area contributed by atoms with Gasteiger partial charge in [-0.05, 0) is 49.4 Å². The Kier molecular flexibility index (Phi) is 7.41. The lowest BCUT2D eigenvalue weighted by Crippen LogP contribution is -2.32. The molecule has 9 nitrogen and oxygen atoms in total. The predicted molar refractivity (Wildman–Crippen MR) is 129 cm³/mol. The van der Waals surface area contributed by atoms with Gasteiger partial charge in [-0.2, -0.15) is 5.10 Å². The summed E-state index contributed by atoms with van der Waals surface area (Å²) in [6.07, 6.45) is 3.71. The molecule has 0 bridgehead atoms. The summed E-state index contributed by atoms with van der Waals surface area (Å²) in [6.45, 7) is 9.57. The van der Waals surface area contributed by atoms with Crippen molar-refractivity contribution < 1.29 is 23.4 Å². The number of aromatic amines is 1. The molecule has 0 aliphatic carbocycles. The van der Waals surface area contributed by atoms with E-state index < -0.39 is 26.6 Å². The molecule has 34 heavy (non-hydrogen) atoms. The minimum absolute atomic E-state index is 0.0477. The number of allylic oxidation sites excluding steroid dienone is 1. The van der Waals surface area contributed by atoms with E-state index in [9.17, 15) is 23.4 Å². The number of H-pyrrole nitrogens is 1. The molecular formula is C24H28N4O5S. The standard InChI is InChI=1S/C24H28N4O5S/c1-5-6-7-8-16-12-19(29)20(18-11-15(4)9-10-17(18)14(2)3)21(30)22(16)34(32,33)28-24(31)23-25-13-26-27-23/h9-13,29-30H,2,5-8H2,1,3-4H3,(H,28,31)(H,25,26,27). The Hall–Kier alpha value is -3.66. The van der Waals surface area contributed by atoms with Gasteiger partial charge in [-0.25, -0.2) is 18.1 Å². The van der Waals surface area contributed by atoms with Gasteiger partial charge < -0.3 is 10.2 Å². The number of nitrogens with zero attached hydrogens (tertiary/aromatic N) is 2. The average molecular weight is 485 g/mol. The second kappa shape index (κ2) is 10.1. The molecule has 0 unspecified atom stereocenters. The lowest BCUT2D eigenvalue weighted by atomic mass is 9.91. The van der Waals surface area contributed by atoms with Crippen LogP contribution in [0.4, 0.5) is 0 Å². The number of benzene rings is 2. The number of hydrogen-bond acceptors (Lipinski definition) is 7. The highest BCUT2D eigenvalue weighted by molar-refractivity contribution is 7.90. The zero-order chi connectivity index (χ0) is 25.0. The van der Waals surface area contributed by atoms with E-state index >= 15 is 0 Å². The van der Waals surface area contributed by atoms with Crippen molar-refractivity contribution >= 4 is 21.5 Å². The summed E-state index contributed by atoms with van der Waals surface area (Å²) in [4.78, 5) is 15.6. The van der Waals surface area contributed by atoms with Crippen LogP contribution in [-0.2, 0) is 16.4 Å². The van der Waals surface area contributed by atoms with Gasteiger partial charge >= 0.3 is 5.91 Å². The number of rotatable bonds is 9. The number of carbonyl (C=O) groups excluding carboxylic acids is 1. The molecule has 1 heterocycles. The third kappa shape index (κ3) is 5.12. The highest BCUT2D eigenvalue weighted by Crippen LogP contribution is 2.46. The topological polar surface area (TPSA) is 145 Å². The number of phenolic OH excluding ortho intramolecular Hbond substituents is 2. The molecular weight excluding hydrogens is 456 g/mol. The lowest BCUT2D eigenvalue weighted by Gasteiger charge is -2.19. The van der Waals surface area contributed by atoms with Crippen LogP contribution >= 0.6 is 0 Å². The number of nitrogens with one attached hydrogen (secondary N) is 2. The van der Waals surface area contributed by atoms with Crippen LogP contribution in [0.2, 0.25) is 0 Å². The minimum atomic E-state index is -4.55. The maximum Gasteiger partial charge on any atom is 0.302 e. The first-order chi connectivity index (χ1) is 16.1. The van der Waals surface area contributed by atoms with Crippen LogP contribution in [0.3, 0.4) is 0 Å². The Morgan fingerprint density at radius 2 is 1.94 bits per heavy atom. The minimum Gasteiger partial charge on any atom is -0.507 e. The summed E-state index contributed by atoms with van der Waals surface area (Å²) in [7, 11) is -4.55. The number of unbranched alkanes of at least 4 members (excludes halogenated alkanes) is 2. The zero-order valence-corrected chi connectivity index (χ0v) is 20.2. The van der Waals surface area contributed by atoms with E-state index in [1.165, 1.54) is 6.07 Å². The number of hydrogen-bond donors (Lipinski definition) is 4. The molecule has 0 fully saturated rings. The largest absolute Gasteiger partial charge is 0.507 e. The summed E-state index contributed by atoms with van der Waals surface area (Å²) >= 11 is 0. The van der Waals surface area contributed by atoms with Gasteiger partial charge in [-0.15, -0.1) is 0 Å². The van der Waals surface area contributed by atoms with Gasteiger partial charge in [0.2, 0.25) is 5.82 Å². The molecule has 1 aromatic heterocycles. The second-order valence-electron chi connectivity index (χ2n) is 8.16. The number of phenols is 2. The molecule has 10 heteroatoms.